The van der Waals surface area contributed by atoms with Gasteiger partial charge in [0.05, 0.1) is 6.04 Å². The summed E-state index contributed by atoms with van der Waals surface area (Å²) in [6.07, 6.45) is -0.887. The summed E-state index contributed by atoms with van der Waals surface area (Å²) < 4.78 is 29.6. The van der Waals surface area contributed by atoms with E-state index in [0.717, 1.165) is 24.0 Å². The van der Waals surface area contributed by atoms with Gasteiger partial charge in [0.2, 0.25) is 5.91 Å². The zero-order valence-corrected chi connectivity index (χ0v) is 18.6. The number of halogens is 2. The molecule has 2 aromatic carbocycles. The van der Waals surface area contributed by atoms with E-state index in [1.54, 1.807) is 35.2 Å². The predicted octanol–water partition coefficient (Wildman–Crippen LogP) is 2.17. The van der Waals surface area contributed by atoms with Gasteiger partial charge in [0.25, 0.3) is 0 Å². The van der Waals surface area contributed by atoms with Crippen molar-refractivity contribution < 1.29 is 28.9 Å². The van der Waals surface area contributed by atoms with E-state index in [2.05, 4.69) is 10.6 Å². The molecule has 1 saturated carbocycles. The Balaban J connectivity index is 1.22. The molecule has 2 aliphatic heterocycles. The third-order valence-electron chi connectivity index (χ3n) is 7.07. The first-order chi connectivity index (χ1) is 16.2. The van der Waals surface area contributed by atoms with Crippen LogP contribution < -0.4 is 10.6 Å². The fourth-order valence-electron chi connectivity index (χ4n) is 4.89. The van der Waals surface area contributed by atoms with Crippen molar-refractivity contribution >= 4 is 5.91 Å². The Bertz CT molecular complexity index is 1060. The van der Waals surface area contributed by atoms with E-state index in [1.807, 2.05) is 0 Å². The first kappa shape index (κ1) is 23.3. The number of hydrogen-bond donors (Lipinski definition) is 5. The van der Waals surface area contributed by atoms with Gasteiger partial charge < -0.3 is 20.6 Å². The number of fused-ring (bicyclic) bond motifs is 1. The van der Waals surface area contributed by atoms with E-state index in [-0.39, 0.29) is 18.0 Å². The maximum absolute atomic E-state index is 14.8. The number of amides is 1. The van der Waals surface area contributed by atoms with E-state index in [9.17, 15) is 28.9 Å². The number of carbonyl (C=O) groups is 1. The van der Waals surface area contributed by atoms with Crippen molar-refractivity contribution in [2.24, 2.45) is 0 Å². The maximum atomic E-state index is 14.8. The summed E-state index contributed by atoms with van der Waals surface area (Å²) in [6.45, 7) is 0.334. The molecule has 7 nitrogen and oxygen atoms in total. The molecule has 34 heavy (non-hydrogen) atoms. The molecule has 182 valence electrons. The van der Waals surface area contributed by atoms with Crippen molar-refractivity contribution in [1.29, 1.82) is 0 Å². The molecule has 5 rings (SSSR count). The lowest BCUT2D eigenvalue weighted by atomic mass is 10.0. The van der Waals surface area contributed by atoms with Gasteiger partial charge in [-0.2, -0.15) is 8.78 Å². The Kier molecular flexibility index (Phi) is 6.16. The predicted molar refractivity (Wildman–Crippen MR) is 119 cm³/mol. The van der Waals surface area contributed by atoms with Gasteiger partial charge in [0.15, 0.2) is 6.23 Å². The quantitative estimate of drug-likeness (QED) is 0.395. The number of aliphatic hydroxyl groups is 3. The average molecular weight is 474 g/mol. The summed E-state index contributed by atoms with van der Waals surface area (Å²) in [5, 5.41) is 35.5. The minimum Gasteiger partial charge on any atom is -0.374 e. The molecule has 2 heterocycles. The molecular weight excluding hydrogens is 444 g/mol. The molecule has 2 aromatic rings. The minimum absolute atomic E-state index is 0.0103. The molecule has 5 N–H and O–H groups in total. The third-order valence-corrected chi connectivity index (χ3v) is 7.07. The highest BCUT2D eigenvalue weighted by molar-refractivity contribution is 5.82. The topological polar surface area (TPSA) is 105 Å². The van der Waals surface area contributed by atoms with Gasteiger partial charge in [0.1, 0.15) is 12.5 Å². The fraction of sp³-hybridized carbons (Fsp3) is 0.480. The second-order valence-electron chi connectivity index (χ2n) is 9.50. The maximum Gasteiger partial charge on any atom is 0.311 e. The van der Waals surface area contributed by atoms with Gasteiger partial charge in [0, 0.05) is 18.7 Å². The number of rotatable bonds is 7. The van der Waals surface area contributed by atoms with Crippen LogP contribution in [0.15, 0.2) is 42.5 Å². The standard InChI is InChI=1S/C25H29F2N3O4/c26-25(27,18-6-4-16(5-7-18)15-2-3-15)24(34)28-12-14-1-8-19-17(11-14)13-30(23(19)33)20-9-10-21(31)29-22(20)32/h1,4-8,11,15,20-21,23-24,28,31,33-34H,2-3,9-10,12-13H2,(H,29,32)/t20?,21-,23+,24-/m1/s1. The normalized spacial score (nSPS) is 26.3. The van der Waals surface area contributed by atoms with Crippen molar-refractivity contribution in [3.8, 4) is 0 Å². The van der Waals surface area contributed by atoms with Gasteiger partial charge in [-0.15, -0.1) is 0 Å². The molecule has 0 radical (unpaired) electrons. The van der Waals surface area contributed by atoms with Crippen LogP contribution in [0.3, 0.4) is 0 Å². The van der Waals surface area contributed by atoms with Crippen molar-refractivity contribution in [1.82, 2.24) is 15.5 Å². The summed E-state index contributed by atoms with van der Waals surface area (Å²) in [7, 11) is 0. The Morgan fingerprint density at radius 3 is 2.50 bits per heavy atom. The molecular formula is C25H29F2N3O4. The number of nitrogens with one attached hydrogen (secondary N) is 2. The van der Waals surface area contributed by atoms with Crippen molar-refractivity contribution in [3.05, 3.63) is 70.3 Å². The van der Waals surface area contributed by atoms with Gasteiger partial charge in [-0.1, -0.05) is 42.5 Å². The van der Waals surface area contributed by atoms with Crippen LogP contribution in [0, 0.1) is 0 Å². The summed E-state index contributed by atoms with van der Waals surface area (Å²) >= 11 is 0. The van der Waals surface area contributed by atoms with E-state index in [4.69, 9.17) is 0 Å². The number of hydrogen-bond acceptors (Lipinski definition) is 6. The highest BCUT2D eigenvalue weighted by Gasteiger charge is 2.41. The number of nitrogens with zero attached hydrogens (tertiary/aromatic N) is 1. The lowest BCUT2D eigenvalue weighted by molar-refractivity contribution is -0.139. The molecule has 0 spiro atoms. The van der Waals surface area contributed by atoms with Crippen LogP contribution in [0.2, 0.25) is 0 Å². The Labute approximate surface area is 196 Å². The molecule has 4 atom stereocenters. The van der Waals surface area contributed by atoms with Crippen LogP contribution in [-0.4, -0.2) is 44.6 Å². The number of carbonyl (C=O) groups excluding carboxylic acids is 1. The molecule has 1 saturated heterocycles. The Hall–Kier alpha value is -2.43. The Morgan fingerprint density at radius 1 is 1.09 bits per heavy atom. The van der Waals surface area contributed by atoms with Crippen LogP contribution in [0.5, 0.6) is 0 Å². The molecule has 1 unspecified atom stereocenters. The highest BCUT2D eigenvalue weighted by Crippen LogP contribution is 2.41. The average Bonchev–Trinajstić information content (AvgIpc) is 3.62. The van der Waals surface area contributed by atoms with Crippen LogP contribution in [0.4, 0.5) is 8.78 Å². The second kappa shape index (κ2) is 8.98. The van der Waals surface area contributed by atoms with Crippen molar-refractivity contribution in [2.45, 2.75) is 75.3 Å². The molecule has 9 heteroatoms. The van der Waals surface area contributed by atoms with E-state index >= 15 is 0 Å². The third kappa shape index (κ3) is 4.46. The van der Waals surface area contributed by atoms with E-state index in [1.165, 1.54) is 12.1 Å². The first-order valence-corrected chi connectivity index (χ1v) is 11.7. The number of alkyl halides is 2. The van der Waals surface area contributed by atoms with E-state index in [0.29, 0.717) is 36.4 Å². The number of piperidine rings is 1. The zero-order valence-electron chi connectivity index (χ0n) is 18.6. The second-order valence-corrected chi connectivity index (χ2v) is 9.50. The fourth-order valence-corrected chi connectivity index (χ4v) is 4.89. The summed E-state index contributed by atoms with van der Waals surface area (Å²) in [5.41, 5.74) is 2.95. The lowest BCUT2D eigenvalue weighted by Gasteiger charge is -2.34. The minimum atomic E-state index is -3.45. The molecule has 1 aliphatic carbocycles. The smallest absolute Gasteiger partial charge is 0.311 e. The Morgan fingerprint density at radius 2 is 1.82 bits per heavy atom. The van der Waals surface area contributed by atoms with E-state index < -0.39 is 30.6 Å². The zero-order chi connectivity index (χ0) is 24.0. The van der Waals surface area contributed by atoms with Crippen LogP contribution in [0.25, 0.3) is 0 Å². The molecule has 2 fully saturated rings. The summed E-state index contributed by atoms with van der Waals surface area (Å²) in [6, 6.07) is 10.8. The van der Waals surface area contributed by atoms with Crippen molar-refractivity contribution in [3.63, 3.8) is 0 Å². The first-order valence-electron chi connectivity index (χ1n) is 11.7. The van der Waals surface area contributed by atoms with Crippen LogP contribution in [0.1, 0.15) is 65.6 Å². The molecule has 1 amide bonds. The molecule has 0 aromatic heterocycles. The van der Waals surface area contributed by atoms with Gasteiger partial charge in [-0.3, -0.25) is 15.0 Å². The number of benzene rings is 2. The molecule has 3 aliphatic rings. The largest absolute Gasteiger partial charge is 0.374 e. The van der Waals surface area contributed by atoms with Crippen molar-refractivity contribution in [2.75, 3.05) is 0 Å². The monoisotopic (exact) mass is 473 g/mol. The highest BCUT2D eigenvalue weighted by atomic mass is 19.3. The van der Waals surface area contributed by atoms with Gasteiger partial charge >= 0.3 is 5.92 Å². The van der Waals surface area contributed by atoms with Crippen LogP contribution in [-0.2, 0) is 23.8 Å². The SMILES string of the molecule is O=C1N[C@H](O)CCC1N1Cc2cc(CN[C@H](O)C(F)(F)c3ccc(C4CC4)cc3)ccc2[C@@H]1O. The summed E-state index contributed by atoms with van der Waals surface area (Å²) in [5.74, 6) is -3.31. The van der Waals surface area contributed by atoms with Gasteiger partial charge in [-0.05, 0) is 53.9 Å². The summed E-state index contributed by atoms with van der Waals surface area (Å²) in [4.78, 5) is 13.9. The van der Waals surface area contributed by atoms with Crippen LogP contribution >= 0.6 is 0 Å². The van der Waals surface area contributed by atoms with Gasteiger partial charge in [-0.25, -0.2) is 0 Å². The number of aliphatic hydroxyl groups excluding tert-OH is 3. The lowest BCUT2D eigenvalue weighted by Crippen LogP contribution is -2.53. The molecule has 0 bridgehead atoms.